The third-order valence-electron chi connectivity index (χ3n) is 15.9. The van der Waals surface area contributed by atoms with Gasteiger partial charge in [0, 0.05) is 60.8 Å². The molecule has 12 aromatic rings. The highest BCUT2D eigenvalue weighted by atomic mass is 15.1. The topological polar surface area (TPSA) is 11.4 Å². The quantitative estimate of drug-likeness (QED) is 0.158. The van der Waals surface area contributed by atoms with Crippen LogP contribution in [0.3, 0.4) is 0 Å². The third-order valence-corrected chi connectivity index (χ3v) is 15.9. The lowest BCUT2D eigenvalue weighted by molar-refractivity contribution is 0.660. The molecule has 1 aromatic heterocycles. The molecule has 71 heavy (non-hydrogen) atoms. The molecule has 0 aliphatic heterocycles. The Kier molecular flexibility index (Phi) is 8.98. The van der Waals surface area contributed by atoms with Gasteiger partial charge >= 0.3 is 0 Å². The molecule has 0 radical (unpaired) electrons. The number of nitrogens with zero attached hydrogens (tertiary/aromatic N) is 3. The minimum atomic E-state index is -0.255. The van der Waals surface area contributed by atoms with Crippen molar-refractivity contribution >= 4 is 77.5 Å². The van der Waals surface area contributed by atoms with E-state index in [4.69, 9.17) is 0 Å². The summed E-state index contributed by atoms with van der Waals surface area (Å²) in [7, 11) is 0. The predicted octanol–water partition coefficient (Wildman–Crippen LogP) is 18.6. The van der Waals surface area contributed by atoms with Gasteiger partial charge in [-0.1, -0.05) is 167 Å². The SMILES string of the molecule is CC1(C)c2cc(N(c3ccccc3)c3cccc4ccccc34)ccc2-c2cc3c(cc21)c1cc2c(cc1n3-c1ccccc1)-c1ccc(N(c3ccccc3)c3cccc4ccccc34)cc1C2(C)C. The van der Waals surface area contributed by atoms with Gasteiger partial charge in [-0.3, -0.25) is 0 Å². The number of hydrogen-bond donors (Lipinski definition) is 0. The maximum atomic E-state index is 2.54. The summed E-state index contributed by atoms with van der Waals surface area (Å²) in [6, 6.07) is 87.7. The fourth-order valence-electron chi connectivity index (χ4n) is 12.4. The zero-order chi connectivity index (χ0) is 47.6. The second-order valence-corrected chi connectivity index (χ2v) is 20.5. The normalized spacial score (nSPS) is 13.9. The highest BCUT2D eigenvalue weighted by molar-refractivity contribution is 6.14. The van der Waals surface area contributed by atoms with Crippen LogP contribution in [0, 0.1) is 0 Å². The van der Waals surface area contributed by atoms with Crippen LogP contribution >= 0.6 is 0 Å². The summed E-state index contributed by atoms with van der Waals surface area (Å²) in [4.78, 5) is 4.86. The largest absolute Gasteiger partial charge is 0.310 e. The Morgan fingerprint density at radius 1 is 0.296 bits per heavy atom. The van der Waals surface area contributed by atoms with Crippen LogP contribution in [0.1, 0.15) is 49.9 Å². The lowest BCUT2D eigenvalue weighted by Gasteiger charge is -2.29. The van der Waals surface area contributed by atoms with Crippen molar-refractivity contribution in [3.8, 4) is 27.9 Å². The Bertz CT molecular complexity index is 3850. The van der Waals surface area contributed by atoms with Crippen molar-refractivity contribution in [3.05, 3.63) is 259 Å². The zero-order valence-electron chi connectivity index (χ0n) is 40.4. The van der Waals surface area contributed by atoms with Crippen LogP contribution in [0.15, 0.2) is 237 Å². The van der Waals surface area contributed by atoms with E-state index in [0.29, 0.717) is 0 Å². The first-order valence-electron chi connectivity index (χ1n) is 24.9. The van der Waals surface area contributed by atoms with E-state index >= 15 is 0 Å². The molecule has 14 rings (SSSR count). The van der Waals surface area contributed by atoms with Crippen LogP contribution in [-0.4, -0.2) is 4.57 Å². The van der Waals surface area contributed by atoms with E-state index < -0.39 is 0 Å². The summed E-state index contributed by atoms with van der Waals surface area (Å²) in [5.41, 5.74) is 20.7. The molecule has 0 saturated carbocycles. The summed E-state index contributed by atoms with van der Waals surface area (Å²) in [6.07, 6.45) is 0. The first-order chi connectivity index (χ1) is 34.7. The van der Waals surface area contributed by atoms with E-state index in [0.717, 1.165) is 28.4 Å². The van der Waals surface area contributed by atoms with Gasteiger partial charge in [-0.2, -0.15) is 0 Å². The number of fused-ring (bicyclic) bond motifs is 11. The van der Waals surface area contributed by atoms with Gasteiger partial charge in [0.2, 0.25) is 0 Å². The Hall–Kier alpha value is -8.66. The smallest absolute Gasteiger partial charge is 0.0547 e. The lowest BCUT2D eigenvalue weighted by Crippen LogP contribution is -2.17. The molecule has 1 heterocycles. The average Bonchev–Trinajstić information content (AvgIpc) is 3.93. The minimum Gasteiger partial charge on any atom is -0.310 e. The maximum Gasteiger partial charge on any atom is 0.0547 e. The Morgan fingerprint density at radius 2 is 0.676 bits per heavy atom. The summed E-state index contributed by atoms with van der Waals surface area (Å²) in [5, 5.41) is 7.48. The highest BCUT2D eigenvalue weighted by Gasteiger charge is 2.40. The molecular formula is C68H51N3. The van der Waals surface area contributed by atoms with Gasteiger partial charge in [-0.05, 0) is 152 Å². The van der Waals surface area contributed by atoms with E-state index in [9.17, 15) is 0 Å². The van der Waals surface area contributed by atoms with Crippen LogP contribution in [0.5, 0.6) is 0 Å². The minimum absolute atomic E-state index is 0.255. The number of rotatable bonds is 7. The number of hydrogen-bond acceptors (Lipinski definition) is 2. The number of aromatic nitrogens is 1. The molecule has 0 spiro atoms. The van der Waals surface area contributed by atoms with Crippen molar-refractivity contribution in [2.45, 2.75) is 38.5 Å². The second-order valence-electron chi connectivity index (χ2n) is 20.5. The Balaban J connectivity index is 0.936. The zero-order valence-corrected chi connectivity index (χ0v) is 40.4. The molecule has 3 heteroatoms. The molecule has 0 N–H and O–H groups in total. The van der Waals surface area contributed by atoms with E-state index in [1.54, 1.807) is 0 Å². The number of para-hydroxylation sites is 3. The summed E-state index contributed by atoms with van der Waals surface area (Å²) < 4.78 is 2.51. The average molecular weight is 910 g/mol. The van der Waals surface area contributed by atoms with Crippen molar-refractivity contribution in [2.24, 2.45) is 0 Å². The molecule has 0 atom stereocenters. The molecule has 0 fully saturated rings. The second kappa shape index (κ2) is 15.4. The fourth-order valence-corrected chi connectivity index (χ4v) is 12.4. The van der Waals surface area contributed by atoms with Crippen molar-refractivity contribution in [1.29, 1.82) is 0 Å². The molecule has 338 valence electrons. The van der Waals surface area contributed by atoms with E-state index in [2.05, 4.69) is 279 Å². The van der Waals surface area contributed by atoms with Gasteiger partial charge in [0.05, 0.1) is 22.4 Å². The van der Waals surface area contributed by atoms with Gasteiger partial charge in [0.1, 0.15) is 0 Å². The van der Waals surface area contributed by atoms with Gasteiger partial charge in [0.25, 0.3) is 0 Å². The summed E-state index contributed by atoms with van der Waals surface area (Å²) >= 11 is 0. The van der Waals surface area contributed by atoms with E-state index in [-0.39, 0.29) is 10.8 Å². The predicted molar refractivity (Wildman–Crippen MR) is 300 cm³/mol. The van der Waals surface area contributed by atoms with Crippen LogP contribution in [0.4, 0.5) is 34.1 Å². The molecule has 11 aromatic carbocycles. The first kappa shape index (κ1) is 41.3. The van der Waals surface area contributed by atoms with Crippen LogP contribution in [0.2, 0.25) is 0 Å². The lowest BCUT2D eigenvalue weighted by atomic mass is 9.81. The van der Waals surface area contributed by atoms with Crippen LogP contribution in [-0.2, 0) is 10.8 Å². The van der Waals surface area contributed by atoms with Crippen molar-refractivity contribution in [1.82, 2.24) is 4.57 Å². The van der Waals surface area contributed by atoms with Gasteiger partial charge in [-0.25, -0.2) is 0 Å². The van der Waals surface area contributed by atoms with E-state index in [1.165, 1.54) is 99.2 Å². The Morgan fingerprint density at radius 3 is 1.13 bits per heavy atom. The van der Waals surface area contributed by atoms with E-state index in [1.807, 2.05) is 0 Å². The van der Waals surface area contributed by atoms with Crippen LogP contribution < -0.4 is 9.80 Å². The third kappa shape index (κ3) is 6.15. The maximum absolute atomic E-state index is 2.54. The molecule has 0 amide bonds. The van der Waals surface area contributed by atoms with Gasteiger partial charge < -0.3 is 14.4 Å². The number of anilines is 6. The molecular weight excluding hydrogens is 859 g/mol. The van der Waals surface area contributed by atoms with Crippen molar-refractivity contribution in [2.75, 3.05) is 9.80 Å². The van der Waals surface area contributed by atoms with Gasteiger partial charge in [0.15, 0.2) is 0 Å². The van der Waals surface area contributed by atoms with Crippen molar-refractivity contribution < 1.29 is 0 Å². The molecule has 0 saturated heterocycles. The molecule has 2 aliphatic carbocycles. The standard InChI is InChI=1S/C68H51N3/c1-67(2)59-38-49(69(46-24-8-5-9-25-46)63-32-18-22-44-20-14-16-30-51(44)63)34-36-53(59)55-42-65-57(40-61(55)67)58-41-62-56(43-66(58)71(65)48-28-12-7-13-29-48)54-37-35-50(39-60(54)68(62,3)4)70(47-26-10-6-11-27-47)64-33-19-23-45-21-15-17-31-52(45)64/h5-43H,1-4H3. The molecule has 2 aliphatic rings. The molecule has 3 nitrogen and oxygen atoms in total. The summed E-state index contributed by atoms with van der Waals surface area (Å²) in [6.45, 7) is 9.67. The van der Waals surface area contributed by atoms with Crippen LogP contribution in [0.25, 0.3) is 71.3 Å². The molecule has 0 unspecified atom stereocenters. The number of benzene rings is 11. The first-order valence-corrected chi connectivity index (χ1v) is 24.9. The Labute approximate surface area is 415 Å². The highest BCUT2D eigenvalue weighted by Crippen LogP contribution is 2.56. The summed E-state index contributed by atoms with van der Waals surface area (Å²) in [5.74, 6) is 0. The van der Waals surface area contributed by atoms with Crippen molar-refractivity contribution in [3.63, 3.8) is 0 Å². The monoisotopic (exact) mass is 909 g/mol. The molecule has 0 bridgehead atoms. The van der Waals surface area contributed by atoms with Gasteiger partial charge in [-0.15, -0.1) is 0 Å². The fraction of sp³-hybridized carbons (Fsp3) is 0.0882.